The maximum Gasteiger partial charge on any atom is 0.200 e. The zero-order chi connectivity index (χ0) is 22.0. The van der Waals surface area contributed by atoms with Gasteiger partial charge in [0.1, 0.15) is 29.3 Å². The molecule has 0 saturated carbocycles. The first-order valence-electron chi connectivity index (χ1n) is 9.68. The molecule has 1 aromatic heterocycles. The van der Waals surface area contributed by atoms with E-state index >= 15 is 0 Å². The van der Waals surface area contributed by atoms with Crippen LogP contribution in [0.25, 0.3) is 28.0 Å². The Balaban J connectivity index is 1.89. The maximum atomic E-state index is 13.2. The van der Waals surface area contributed by atoms with Crippen molar-refractivity contribution in [2.75, 3.05) is 6.61 Å². The molecular weight excluding hydrogens is 395 g/mol. The highest BCUT2D eigenvalue weighted by molar-refractivity contribution is 6.16. The Kier molecular flexibility index (Phi) is 5.50. The second-order valence-corrected chi connectivity index (χ2v) is 7.24. The van der Waals surface area contributed by atoms with Crippen molar-refractivity contribution < 1.29 is 18.3 Å². The van der Waals surface area contributed by atoms with Crippen molar-refractivity contribution in [2.45, 2.75) is 6.92 Å². The Labute approximate surface area is 177 Å². The number of benzene rings is 3. The van der Waals surface area contributed by atoms with E-state index in [0.29, 0.717) is 27.7 Å². The number of carbonyl (C=O) groups excluding carboxylic acids is 1. The Bertz CT molecular complexity index is 1400. The van der Waals surface area contributed by atoms with Crippen molar-refractivity contribution in [3.63, 3.8) is 0 Å². The van der Waals surface area contributed by atoms with Crippen LogP contribution in [0.2, 0.25) is 0 Å². The Hall–Kier alpha value is -3.99. The molecule has 1 heterocycles. The molecule has 4 aromatic rings. The second kappa shape index (κ2) is 8.40. The van der Waals surface area contributed by atoms with E-state index in [1.807, 2.05) is 6.92 Å². The first-order valence-corrected chi connectivity index (χ1v) is 9.68. The van der Waals surface area contributed by atoms with E-state index in [0.717, 1.165) is 5.57 Å². The summed E-state index contributed by atoms with van der Waals surface area (Å²) in [5.41, 5.74) is 1.91. The summed E-state index contributed by atoms with van der Waals surface area (Å²) in [6.07, 6.45) is 2.92. The average Bonchev–Trinajstić information content (AvgIpc) is 2.77. The molecule has 0 saturated heterocycles. The minimum absolute atomic E-state index is 0.153. The number of allylic oxidation sites excluding steroid dienone is 1. The van der Waals surface area contributed by atoms with Crippen LogP contribution in [0.4, 0.5) is 4.39 Å². The van der Waals surface area contributed by atoms with Gasteiger partial charge in [0.15, 0.2) is 11.4 Å². The van der Waals surface area contributed by atoms with Crippen molar-refractivity contribution in [2.24, 2.45) is 0 Å². The predicted molar refractivity (Wildman–Crippen MR) is 120 cm³/mol. The molecule has 0 fully saturated rings. The number of hydrogen-bond acceptors (Lipinski definition) is 4. The van der Waals surface area contributed by atoms with Crippen LogP contribution in [-0.2, 0) is 0 Å². The lowest BCUT2D eigenvalue weighted by Crippen LogP contribution is -2.09. The molecule has 0 aliphatic heterocycles. The summed E-state index contributed by atoms with van der Waals surface area (Å²) in [5, 5.41) is 0.728. The average molecular weight is 414 g/mol. The highest BCUT2D eigenvalue weighted by Gasteiger charge is 2.20. The Morgan fingerprint density at radius 3 is 2.55 bits per heavy atom. The maximum absolute atomic E-state index is 13.2. The molecular formula is C26H19FO4. The number of hydrogen-bond donors (Lipinski definition) is 0. The van der Waals surface area contributed by atoms with Crippen molar-refractivity contribution in [1.29, 1.82) is 0 Å². The van der Waals surface area contributed by atoms with Gasteiger partial charge in [-0.3, -0.25) is 9.59 Å². The fraction of sp³-hybridized carbons (Fsp3) is 0.0769. The topological polar surface area (TPSA) is 56.5 Å². The highest BCUT2D eigenvalue weighted by atomic mass is 19.1. The van der Waals surface area contributed by atoms with Crippen LogP contribution >= 0.6 is 0 Å². The molecule has 154 valence electrons. The number of ether oxygens (including phenoxy) is 1. The molecule has 0 N–H and O–H groups in total. The van der Waals surface area contributed by atoms with Crippen molar-refractivity contribution in [3.05, 3.63) is 106 Å². The normalized spacial score (nSPS) is 11.3. The molecule has 31 heavy (non-hydrogen) atoms. The van der Waals surface area contributed by atoms with Crippen molar-refractivity contribution >= 4 is 33.8 Å². The molecule has 0 amide bonds. The molecule has 3 aromatic carbocycles. The van der Waals surface area contributed by atoms with Gasteiger partial charge in [-0.1, -0.05) is 36.9 Å². The summed E-state index contributed by atoms with van der Waals surface area (Å²) >= 11 is 0. The van der Waals surface area contributed by atoms with Crippen LogP contribution in [0.3, 0.4) is 0 Å². The lowest BCUT2D eigenvalue weighted by molar-refractivity contribution is 0.104. The number of carbonyl (C=O) groups is 1. The number of halogens is 1. The van der Waals surface area contributed by atoms with Crippen LogP contribution in [0.5, 0.6) is 5.75 Å². The minimum Gasteiger partial charge on any atom is -0.488 e. The first-order chi connectivity index (χ1) is 14.9. The van der Waals surface area contributed by atoms with Gasteiger partial charge in [-0.2, -0.15) is 0 Å². The van der Waals surface area contributed by atoms with Gasteiger partial charge >= 0.3 is 0 Å². The van der Waals surface area contributed by atoms with Gasteiger partial charge in [0, 0.05) is 0 Å². The summed E-state index contributed by atoms with van der Waals surface area (Å²) in [7, 11) is 0. The summed E-state index contributed by atoms with van der Waals surface area (Å²) in [4.78, 5) is 26.2. The van der Waals surface area contributed by atoms with E-state index in [1.54, 1.807) is 54.6 Å². The van der Waals surface area contributed by atoms with Gasteiger partial charge in [0.2, 0.25) is 5.43 Å². The van der Waals surface area contributed by atoms with E-state index in [1.165, 1.54) is 18.2 Å². The fourth-order valence-corrected chi connectivity index (χ4v) is 3.23. The molecule has 0 spiro atoms. The zero-order valence-electron chi connectivity index (χ0n) is 16.9. The van der Waals surface area contributed by atoms with Crippen LogP contribution < -0.4 is 10.2 Å². The van der Waals surface area contributed by atoms with Crippen LogP contribution in [0.1, 0.15) is 22.8 Å². The van der Waals surface area contributed by atoms with Crippen molar-refractivity contribution in [1.82, 2.24) is 0 Å². The second-order valence-electron chi connectivity index (χ2n) is 7.24. The first kappa shape index (κ1) is 20.3. The highest BCUT2D eigenvalue weighted by Crippen LogP contribution is 2.30. The molecule has 0 bridgehead atoms. The van der Waals surface area contributed by atoms with E-state index in [-0.39, 0.29) is 29.0 Å². The molecule has 0 atom stereocenters. The van der Waals surface area contributed by atoms with Gasteiger partial charge < -0.3 is 9.15 Å². The number of para-hydroxylation sites is 1. The minimum atomic E-state index is -0.398. The monoisotopic (exact) mass is 414 g/mol. The van der Waals surface area contributed by atoms with E-state index in [4.69, 9.17) is 9.15 Å². The molecule has 4 rings (SSSR count). The molecule has 0 aliphatic carbocycles. The van der Waals surface area contributed by atoms with Crippen LogP contribution in [0, 0.1) is 5.82 Å². The SMILES string of the molecule is C=C(C)COc1ccc2c(=O)c3ccccc3oc2c1C(=O)C=Cc1ccc(F)cc1. The van der Waals surface area contributed by atoms with E-state index in [9.17, 15) is 14.0 Å². The van der Waals surface area contributed by atoms with Gasteiger partial charge in [-0.15, -0.1) is 0 Å². The third-order valence-corrected chi connectivity index (χ3v) is 4.73. The number of ketones is 1. The number of fused-ring (bicyclic) bond motifs is 2. The van der Waals surface area contributed by atoms with Gasteiger partial charge in [0.25, 0.3) is 0 Å². The van der Waals surface area contributed by atoms with Crippen molar-refractivity contribution in [3.8, 4) is 5.75 Å². The predicted octanol–water partition coefficient (Wildman–Crippen LogP) is 5.94. The molecule has 0 radical (unpaired) electrons. The summed E-state index contributed by atoms with van der Waals surface area (Å²) in [5.74, 6) is -0.463. The molecule has 5 heteroatoms. The summed E-state index contributed by atoms with van der Waals surface area (Å²) < 4.78 is 24.9. The number of rotatable bonds is 6. The van der Waals surface area contributed by atoms with Gasteiger partial charge in [-0.25, -0.2) is 4.39 Å². The fourth-order valence-electron chi connectivity index (χ4n) is 3.23. The van der Waals surface area contributed by atoms with E-state index in [2.05, 4.69) is 6.58 Å². The lowest BCUT2D eigenvalue weighted by atomic mass is 10.0. The lowest BCUT2D eigenvalue weighted by Gasteiger charge is -2.12. The molecule has 0 aliphatic rings. The third kappa shape index (κ3) is 4.16. The third-order valence-electron chi connectivity index (χ3n) is 4.73. The standard InChI is InChI=1S/C26H19FO4/c1-16(2)15-30-23-14-12-20-25(29)19-5-3-4-6-22(19)31-26(20)24(23)21(28)13-9-17-7-10-18(27)11-8-17/h3-14H,1,15H2,2H3. The summed E-state index contributed by atoms with van der Waals surface area (Å²) in [6, 6.07) is 15.8. The van der Waals surface area contributed by atoms with Crippen LogP contribution in [0.15, 0.2) is 88.1 Å². The quantitative estimate of drug-likeness (QED) is 0.170. The molecule has 0 unspecified atom stereocenters. The zero-order valence-corrected chi connectivity index (χ0v) is 16.9. The molecule has 4 nitrogen and oxygen atoms in total. The summed E-state index contributed by atoms with van der Waals surface area (Å²) in [6.45, 7) is 5.84. The Morgan fingerprint density at radius 1 is 1.06 bits per heavy atom. The largest absolute Gasteiger partial charge is 0.488 e. The van der Waals surface area contributed by atoms with Gasteiger partial charge in [-0.05, 0) is 60.5 Å². The van der Waals surface area contributed by atoms with Gasteiger partial charge in [0.05, 0.1) is 10.8 Å². The Morgan fingerprint density at radius 2 is 1.81 bits per heavy atom. The van der Waals surface area contributed by atoms with Crippen LogP contribution in [-0.4, -0.2) is 12.4 Å². The van der Waals surface area contributed by atoms with E-state index < -0.39 is 5.78 Å². The smallest absolute Gasteiger partial charge is 0.200 e.